The van der Waals surface area contributed by atoms with Gasteiger partial charge in [-0.2, -0.15) is 26.3 Å². The number of likely N-dealkylation sites (tertiary alicyclic amines) is 1. The van der Waals surface area contributed by atoms with E-state index in [9.17, 15) is 31.1 Å². The summed E-state index contributed by atoms with van der Waals surface area (Å²) in [6, 6.07) is 8.89. The van der Waals surface area contributed by atoms with Crippen molar-refractivity contribution in [1.29, 1.82) is 0 Å². The summed E-state index contributed by atoms with van der Waals surface area (Å²) in [5, 5.41) is 17.3. The number of alkyl halides is 6. The lowest BCUT2D eigenvalue weighted by Crippen LogP contribution is -2.48. The van der Waals surface area contributed by atoms with E-state index in [1.54, 1.807) is 0 Å². The van der Waals surface area contributed by atoms with Crippen LogP contribution in [0.5, 0.6) is 0 Å². The van der Waals surface area contributed by atoms with Gasteiger partial charge >= 0.3 is 24.3 Å². The average Bonchev–Trinajstić information content (AvgIpc) is 3.10. The molecule has 1 aromatic rings. The van der Waals surface area contributed by atoms with Crippen LogP contribution in [-0.2, 0) is 19.8 Å². The van der Waals surface area contributed by atoms with E-state index in [1.165, 1.54) is 31.5 Å². The summed E-state index contributed by atoms with van der Waals surface area (Å²) in [4.78, 5) is 33.1. The zero-order chi connectivity index (χ0) is 28.0. The topological polar surface area (TPSA) is 133 Å². The lowest BCUT2D eigenvalue weighted by Gasteiger charge is -2.43. The Hall–Kier alpha value is -2.87. The highest BCUT2D eigenvalue weighted by molar-refractivity contribution is 6.06. The summed E-state index contributed by atoms with van der Waals surface area (Å²) in [5.74, 6) is -4.58. The minimum Gasteiger partial charge on any atom is -0.475 e. The second-order valence-corrected chi connectivity index (χ2v) is 9.13. The van der Waals surface area contributed by atoms with Crippen molar-refractivity contribution in [2.24, 2.45) is 11.7 Å². The first kappa shape index (κ1) is 30.4. The van der Waals surface area contributed by atoms with Gasteiger partial charge in [0, 0.05) is 11.7 Å². The van der Waals surface area contributed by atoms with Crippen molar-refractivity contribution in [1.82, 2.24) is 4.90 Å². The molecule has 2 heterocycles. The van der Waals surface area contributed by atoms with Gasteiger partial charge in [0.1, 0.15) is 0 Å². The minimum absolute atomic E-state index is 0.221. The molecule has 0 aromatic heterocycles. The Morgan fingerprint density at radius 3 is 1.84 bits per heavy atom. The van der Waals surface area contributed by atoms with Gasteiger partial charge in [0.2, 0.25) is 5.91 Å². The van der Waals surface area contributed by atoms with Crippen LogP contribution in [0, 0.1) is 5.92 Å². The molecule has 4 rings (SSSR count). The van der Waals surface area contributed by atoms with Gasteiger partial charge in [-0.15, -0.1) is 0 Å². The number of aliphatic carboxylic acids is 2. The summed E-state index contributed by atoms with van der Waals surface area (Å²) in [6.07, 6.45) is -3.46. The number of benzene rings is 1. The van der Waals surface area contributed by atoms with E-state index in [4.69, 9.17) is 25.5 Å². The molecule has 208 valence electrons. The number of carboxylic acids is 2. The van der Waals surface area contributed by atoms with Gasteiger partial charge in [-0.25, -0.2) is 9.59 Å². The average molecular weight is 541 g/mol. The van der Waals surface area contributed by atoms with E-state index in [1.807, 2.05) is 12.1 Å². The standard InChI is InChI=1S/C19H27N3O.2C2HF3O2/c20-13-14-7-11-22(12-8-14)15-5-9-19(10-6-15)16-3-1-2-4-17(16)21-18(19)23;2*3-2(4,5)1(6)7/h1-4,14-15H,5-13,20H2,(H,21,23);2*(H,6,7). The predicted octanol–water partition coefficient (Wildman–Crippen LogP) is 3.76. The summed E-state index contributed by atoms with van der Waals surface area (Å²) in [5.41, 5.74) is 7.80. The Kier molecular flexibility index (Phi) is 9.94. The number of carbonyl (C=O) groups excluding carboxylic acids is 1. The van der Waals surface area contributed by atoms with Crippen LogP contribution in [0.25, 0.3) is 0 Å². The van der Waals surface area contributed by atoms with Crippen molar-refractivity contribution < 1.29 is 50.9 Å². The molecule has 3 aliphatic rings. The Labute approximate surface area is 208 Å². The first-order chi connectivity index (χ1) is 17.1. The third-order valence-corrected chi connectivity index (χ3v) is 6.92. The van der Waals surface area contributed by atoms with E-state index in [2.05, 4.69) is 22.3 Å². The number of halogens is 6. The SMILES string of the molecule is NCC1CCN(C2CCC3(CC2)C(=O)Nc2ccccc23)CC1.O=C(O)C(F)(F)F.O=C(O)C(F)(F)F. The molecule has 14 heteroatoms. The number of para-hydroxylation sites is 1. The van der Waals surface area contributed by atoms with Gasteiger partial charge < -0.3 is 26.2 Å². The zero-order valence-electron chi connectivity index (χ0n) is 19.7. The van der Waals surface area contributed by atoms with Crippen LogP contribution < -0.4 is 11.1 Å². The summed E-state index contributed by atoms with van der Waals surface area (Å²) in [6.45, 7) is 3.20. The maximum absolute atomic E-state index is 12.6. The van der Waals surface area contributed by atoms with Crippen molar-refractivity contribution in [3.05, 3.63) is 29.8 Å². The fourth-order valence-electron chi connectivity index (χ4n) is 4.88. The molecule has 1 aliphatic carbocycles. The van der Waals surface area contributed by atoms with E-state index in [0.29, 0.717) is 12.0 Å². The Morgan fingerprint density at radius 1 is 0.946 bits per heavy atom. The van der Waals surface area contributed by atoms with Crippen molar-refractivity contribution in [3.63, 3.8) is 0 Å². The smallest absolute Gasteiger partial charge is 0.475 e. The molecule has 1 saturated heterocycles. The molecule has 5 N–H and O–H groups in total. The number of nitrogens with two attached hydrogens (primary N) is 1. The Balaban J connectivity index is 0.000000286. The fraction of sp³-hybridized carbons (Fsp3) is 0.609. The number of fused-ring (bicyclic) bond motifs is 2. The molecule has 1 aromatic carbocycles. The van der Waals surface area contributed by atoms with Crippen LogP contribution in [0.1, 0.15) is 44.1 Å². The highest BCUT2D eigenvalue weighted by Gasteiger charge is 2.49. The maximum atomic E-state index is 12.6. The molecular formula is C23H29F6N3O5. The summed E-state index contributed by atoms with van der Waals surface area (Å²) < 4.78 is 63.5. The lowest BCUT2D eigenvalue weighted by molar-refractivity contribution is -0.193. The zero-order valence-corrected chi connectivity index (χ0v) is 19.7. The van der Waals surface area contributed by atoms with Crippen LogP contribution in [-0.4, -0.2) is 71.0 Å². The number of amides is 1. The molecule has 2 fully saturated rings. The van der Waals surface area contributed by atoms with Gasteiger partial charge in [-0.1, -0.05) is 18.2 Å². The van der Waals surface area contributed by atoms with E-state index in [-0.39, 0.29) is 11.3 Å². The molecule has 0 atom stereocenters. The normalized spacial score (nSPS) is 24.2. The molecule has 37 heavy (non-hydrogen) atoms. The Bertz CT molecular complexity index is 929. The third-order valence-electron chi connectivity index (χ3n) is 6.92. The molecule has 0 unspecified atom stereocenters. The van der Waals surface area contributed by atoms with E-state index >= 15 is 0 Å². The summed E-state index contributed by atoms with van der Waals surface area (Å²) in [7, 11) is 0. The third kappa shape index (κ3) is 7.81. The number of piperidine rings is 1. The summed E-state index contributed by atoms with van der Waals surface area (Å²) >= 11 is 0. The van der Waals surface area contributed by atoms with Gasteiger partial charge in [0.25, 0.3) is 0 Å². The van der Waals surface area contributed by atoms with Crippen LogP contribution >= 0.6 is 0 Å². The number of hydrogen-bond donors (Lipinski definition) is 4. The molecule has 1 saturated carbocycles. The molecule has 0 bridgehead atoms. The van der Waals surface area contributed by atoms with Gasteiger partial charge in [0.05, 0.1) is 5.41 Å². The molecule has 1 amide bonds. The lowest BCUT2D eigenvalue weighted by atomic mass is 9.68. The van der Waals surface area contributed by atoms with Crippen LogP contribution in [0.3, 0.4) is 0 Å². The molecule has 1 spiro atoms. The number of nitrogens with zero attached hydrogens (tertiary/aromatic N) is 1. The first-order valence-corrected chi connectivity index (χ1v) is 11.6. The van der Waals surface area contributed by atoms with Gasteiger partial charge in [-0.3, -0.25) is 4.79 Å². The van der Waals surface area contributed by atoms with Crippen molar-refractivity contribution in [3.8, 4) is 0 Å². The van der Waals surface area contributed by atoms with Crippen molar-refractivity contribution >= 4 is 23.5 Å². The van der Waals surface area contributed by atoms with E-state index in [0.717, 1.165) is 37.9 Å². The van der Waals surface area contributed by atoms with Crippen molar-refractivity contribution in [2.75, 3.05) is 25.0 Å². The van der Waals surface area contributed by atoms with E-state index < -0.39 is 24.3 Å². The maximum Gasteiger partial charge on any atom is 0.490 e. The monoisotopic (exact) mass is 541 g/mol. The van der Waals surface area contributed by atoms with Crippen LogP contribution in [0.15, 0.2) is 24.3 Å². The number of nitrogens with one attached hydrogen (secondary N) is 1. The van der Waals surface area contributed by atoms with Gasteiger partial charge in [0.15, 0.2) is 0 Å². The largest absolute Gasteiger partial charge is 0.490 e. The van der Waals surface area contributed by atoms with Crippen LogP contribution in [0.2, 0.25) is 0 Å². The quantitative estimate of drug-likeness (QED) is 0.419. The number of carboxylic acid groups (broad SMARTS) is 2. The highest BCUT2D eigenvalue weighted by Crippen LogP contribution is 2.48. The number of anilines is 1. The fourth-order valence-corrected chi connectivity index (χ4v) is 4.88. The number of hydrogen-bond acceptors (Lipinski definition) is 5. The molecule has 2 aliphatic heterocycles. The highest BCUT2D eigenvalue weighted by atomic mass is 19.4. The second kappa shape index (κ2) is 12.1. The second-order valence-electron chi connectivity index (χ2n) is 9.13. The van der Waals surface area contributed by atoms with Crippen molar-refractivity contribution in [2.45, 2.75) is 62.3 Å². The molecular weight excluding hydrogens is 512 g/mol. The first-order valence-electron chi connectivity index (χ1n) is 11.6. The predicted molar refractivity (Wildman–Crippen MR) is 120 cm³/mol. The number of rotatable bonds is 2. The van der Waals surface area contributed by atoms with Gasteiger partial charge in [-0.05, 0) is 75.7 Å². The number of carbonyl (C=O) groups is 3. The van der Waals surface area contributed by atoms with Crippen LogP contribution in [0.4, 0.5) is 32.0 Å². The molecule has 8 nitrogen and oxygen atoms in total. The molecule has 0 radical (unpaired) electrons. The Morgan fingerprint density at radius 2 is 1.41 bits per heavy atom. The minimum atomic E-state index is -5.08.